The number of hydrogen-bond acceptors (Lipinski definition) is 3. The first-order valence-electron chi connectivity index (χ1n) is 5.89. The summed E-state index contributed by atoms with van der Waals surface area (Å²) in [7, 11) is -3.49. The molecule has 0 amide bonds. The second-order valence-electron chi connectivity index (χ2n) is 4.36. The van der Waals surface area contributed by atoms with Crippen LogP contribution in [0.5, 0.6) is 0 Å². The Kier molecular flexibility index (Phi) is 5.55. The average Bonchev–Trinajstić information content (AvgIpc) is 2.27. The number of benzene rings is 1. The van der Waals surface area contributed by atoms with Gasteiger partial charge in [0.1, 0.15) is 5.82 Å². The summed E-state index contributed by atoms with van der Waals surface area (Å²) in [6, 6.07) is 6.05. The normalized spacial score (nSPS) is 11.8. The zero-order valence-electron chi connectivity index (χ0n) is 10.6. The van der Waals surface area contributed by atoms with Crippen LogP contribution in [-0.4, -0.2) is 26.8 Å². The standard InChI is InChI=1S/C12H19FN2O2S/c1-10(2)14-8-5-9-18(16,17)15-12-7-4-3-6-11(12)13/h3-4,6-7,10,14-15H,5,8-9H2,1-2H3. The number of nitrogens with one attached hydrogen (secondary N) is 2. The number of halogens is 1. The highest BCUT2D eigenvalue weighted by atomic mass is 32.2. The van der Waals surface area contributed by atoms with Crippen LogP contribution in [0.15, 0.2) is 24.3 Å². The molecule has 1 rings (SSSR count). The molecular formula is C12H19FN2O2S. The summed E-state index contributed by atoms with van der Waals surface area (Å²) >= 11 is 0. The van der Waals surface area contributed by atoms with E-state index in [9.17, 15) is 12.8 Å². The fourth-order valence-corrected chi connectivity index (χ4v) is 2.54. The van der Waals surface area contributed by atoms with Crippen molar-refractivity contribution in [1.82, 2.24) is 5.32 Å². The van der Waals surface area contributed by atoms with E-state index in [1.165, 1.54) is 18.2 Å². The predicted molar refractivity (Wildman–Crippen MR) is 71.6 cm³/mol. The Morgan fingerprint density at radius 3 is 2.56 bits per heavy atom. The molecule has 18 heavy (non-hydrogen) atoms. The van der Waals surface area contributed by atoms with Crippen LogP contribution >= 0.6 is 0 Å². The number of para-hydroxylation sites is 1. The van der Waals surface area contributed by atoms with Crippen molar-refractivity contribution in [1.29, 1.82) is 0 Å². The summed E-state index contributed by atoms with van der Waals surface area (Å²) in [5.41, 5.74) is -0.00526. The molecule has 0 fully saturated rings. The molecule has 0 unspecified atom stereocenters. The first-order valence-corrected chi connectivity index (χ1v) is 7.54. The lowest BCUT2D eigenvalue weighted by molar-refractivity contribution is 0.570. The van der Waals surface area contributed by atoms with Crippen LogP contribution in [0.25, 0.3) is 0 Å². The van der Waals surface area contributed by atoms with E-state index < -0.39 is 15.8 Å². The van der Waals surface area contributed by atoms with E-state index in [1.54, 1.807) is 6.07 Å². The van der Waals surface area contributed by atoms with Crippen molar-refractivity contribution < 1.29 is 12.8 Å². The molecule has 2 N–H and O–H groups in total. The molecule has 0 saturated heterocycles. The molecule has 1 aromatic rings. The Morgan fingerprint density at radius 1 is 1.28 bits per heavy atom. The molecule has 4 nitrogen and oxygen atoms in total. The van der Waals surface area contributed by atoms with Gasteiger partial charge in [-0.15, -0.1) is 0 Å². The fourth-order valence-electron chi connectivity index (χ4n) is 1.42. The molecule has 1 aromatic carbocycles. The first-order chi connectivity index (χ1) is 8.41. The van der Waals surface area contributed by atoms with Crippen LogP contribution in [-0.2, 0) is 10.0 Å². The minimum absolute atomic E-state index is 0.00526. The van der Waals surface area contributed by atoms with Crippen molar-refractivity contribution in [3.63, 3.8) is 0 Å². The molecule has 0 aliphatic heterocycles. The van der Waals surface area contributed by atoms with Gasteiger partial charge in [0.15, 0.2) is 0 Å². The van der Waals surface area contributed by atoms with Gasteiger partial charge < -0.3 is 5.32 Å². The lowest BCUT2D eigenvalue weighted by atomic mass is 10.3. The quantitative estimate of drug-likeness (QED) is 0.747. The summed E-state index contributed by atoms with van der Waals surface area (Å²) in [5.74, 6) is -0.595. The van der Waals surface area contributed by atoms with Gasteiger partial charge in [0.05, 0.1) is 11.4 Å². The number of sulfonamides is 1. The van der Waals surface area contributed by atoms with Gasteiger partial charge in [0.2, 0.25) is 10.0 Å². The summed E-state index contributed by atoms with van der Waals surface area (Å²) in [6.07, 6.45) is 0.488. The summed E-state index contributed by atoms with van der Waals surface area (Å²) in [4.78, 5) is 0. The van der Waals surface area contributed by atoms with E-state index >= 15 is 0 Å². The van der Waals surface area contributed by atoms with Crippen LogP contribution in [0.1, 0.15) is 20.3 Å². The Hall–Kier alpha value is -1.14. The second kappa shape index (κ2) is 6.70. The van der Waals surface area contributed by atoms with E-state index in [-0.39, 0.29) is 11.4 Å². The van der Waals surface area contributed by atoms with Crippen molar-refractivity contribution in [2.75, 3.05) is 17.0 Å². The topological polar surface area (TPSA) is 58.2 Å². The van der Waals surface area contributed by atoms with Gasteiger partial charge in [0, 0.05) is 6.04 Å². The first kappa shape index (κ1) is 14.9. The SMILES string of the molecule is CC(C)NCCCS(=O)(=O)Nc1ccccc1F. The molecule has 0 heterocycles. The second-order valence-corrected chi connectivity index (χ2v) is 6.21. The van der Waals surface area contributed by atoms with Crippen LogP contribution in [0.4, 0.5) is 10.1 Å². The van der Waals surface area contributed by atoms with Crippen LogP contribution in [0, 0.1) is 5.82 Å². The molecule has 0 aromatic heterocycles. The van der Waals surface area contributed by atoms with Crippen LogP contribution in [0.2, 0.25) is 0 Å². The Balaban J connectivity index is 2.48. The summed E-state index contributed by atoms with van der Waals surface area (Å²) in [5, 5.41) is 3.13. The van der Waals surface area contributed by atoms with Gasteiger partial charge in [0.25, 0.3) is 0 Å². The fraction of sp³-hybridized carbons (Fsp3) is 0.500. The summed E-state index contributed by atoms with van der Waals surface area (Å²) < 4.78 is 38.9. The molecule has 0 atom stereocenters. The molecule has 0 radical (unpaired) electrons. The van der Waals surface area contributed by atoms with E-state index in [0.717, 1.165) is 0 Å². The Bertz CT molecular complexity index is 475. The highest BCUT2D eigenvalue weighted by Crippen LogP contribution is 2.14. The molecule has 0 bridgehead atoms. The van der Waals surface area contributed by atoms with Gasteiger partial charge in [-0.3, -0.25) is 4.72 Å². The molecule has 0 saturated carbocycles. The third-order valence-corrected chi connectivity index (χ3v) is 3.64. The Morgan fingerprint density at radius 2 is 1.94 bits per heavy atom. The van der Waals surface area contributed by atoms with Crippen LogP contribution in [0.3, 0.4) is 0 Å². The van der Waals surface area contributed by atoms with E-state index in [0.29, 0.717) is 19.0 Å². The highest BCUT2D eigenvalue weighted by molar-refractivity contribution is 7.92. The van der Waals surface area contributed by atoms with E-state index in [1.807, 2.05) is 13.8 Å². The zero-order valence-corrected chi connectivity index (χ0v) is 11.4. The van der Waals surface area contributed by atoms with Gasteiger partial charge in [-0.25, -0.2) is 12.8 Å². The minimum atomic E-state index is -3.49. The van der Waals surface area contributed by atoms with Crippen molar-refractivity contribution in [2.45, 2.75) is 26.3 Å². The maximum absolute atomic E-state index is 13.3. The van der Waals surface area contributed by atoms with E-state index in [4.69, 9.17) is 0 Å². The number of anilines is 1. The van der Waals surface area contributed by atoms with E-state index in [2.05, 4.69) is 10.0 Å². The third kappa shape index (κ3) is 5.46. The molecule has 0 spiro atoms. The molecule has 0 aliphatic carbocycles. The van der Waals surface area contributed by atoms with Crippen molar-refractivity contribution in [2.24, 2.45) is 0 Å². The maximum Gasteiger partial charge on any atom is 0.232 e. The predicted octanol–water partition coefficient (Wildman–Crippen LogP) is 1.96. The zero-order chi connectivity index (χ0) is 13.6. The van der Waals surface area contributed by atoms with Crippen molar-refractivity contribution in [3.8, 4) is 0 Å². The highest BCUT2D eigenvalue weighted by Gasteiger charge is 2.12. The minimum Gasteiger partial charge on any atom is -0.314 e. The molecular weight excluding hydrogens is 255 g/mol. The third-order valence-electron chi connectivity index (χ3n) is 2.28. The largest absolute Gasteiger partial charge is 0.314 e. The average molecular weight is 274 g/mol. The summed E-state index contributed by atoms with van der Waals surface area (Å²) in [6.45, 7) is 4.61. The molecule has 0 aliphatic rings. The van der Waals surface area contributed by atoms with Gasteiger partial charge in [-0.1, -0.05) is 26.0 Å². The smallest absolute Gasteiger partial charge is 0.232 e. The van der Waals surface area contributed by atoms with Gasteiger partial charge in [-0.2, -0.15) is 0 Å². The van der Waals surface area contributed by atoms with Crippen LogP contribution < -0.4 is 10.0 Å². The van der Waals surface area contributed by atoms with Crippen molar-refractivity contribution >= 4 is 15.7 Å². The Labute approximate surface area is 108 Å². The number of hydrogen-bond donors (Lipinski definition) is 2. The lowest BCUT2D eigenvalue weighted by Crippen LogP contribution is -2.26. The van der Waals surface area contributed by atoms with Gasteiger partial charge >= 0.3 is 0 Å². The number of rotatable bonds is 7. The molecule has 102 valence electrons. The van der Waals surface area contributed by atoms with Gasteiger partial charge in [-0.05, 0) is 25.1 Å². The maximum atomic E-state index is 13.3. The lowest BCUT2D eigenvalue weighted by Gasteiger charge is -2.10. The monoisotopic (exact) mass is 274 g/mol. The molecule has 6 heteroatoms. The van der Waals surface area contributed by atoms with Crippen molar-refractivity contribution in [3.05, 3.63) is 30.1 Å².